The molecular formula is C29H37FN4O. The second-order valence-corrected chi connectivity index (χ2v) is 10.2. The molecule has 2 aliphatic heterocycles. The fourth-order valence-corrected chi connectivity index (χ4v) is 5.60. The average molecular weight is 477 g/mol. The summed E-state index contributed by atoms with van der Waals surface area (Å²) in [5.41, 5.74) is 3.56. The molecule has 2 saturated heterocycles. The number of fused-ring (bicyclic) bond motifs is 1. The number of hydrogen-bond acceptors (Lipinski definition) is 3. The van der Waals surface area contributed by atoms with E-state index in [1.165, 1.54) is 61.1 Å². The highest BCUT2D eigenvalue weighted by molar-refractivity contribution is 5.81. The molecular weight excluding hydrogens is 439 g/mol. The van der Waals surface area contributed by atoms with Crippen LogP contribution in [0.15, 0.2) is 54.6 Å². The lowest BCUT2D eigenvalue weighted by Crippen LogP contribution is -2.43. The predicted octanol–water partition coefficient (Wildman–Crippen LogP) is 4.64. The first-order valence-corrected chi connectivity index (χ1v) is 13.2. The molecule has 186 valence electrons. The molecule has 0 atom stereocenters. The van der Waals surface area contributed by atoms with Gasteiger partial charge in [0.15, 0.2) is 0 Å². The van der Waals surface area contributed by atoms with Crippen LogP contribution in [0.5, 0.6) is 0 Å². The summed E-state index contributed by atoms with van der Waals surface area (Å²) in [5.74, 6) is 0.148. The monoisotopic (exact) mass is 476 g/mol. The zero-order valence-corrected chi connectivity index (χ0v) is 20.6. The molecule has 3 aromatic rings. The Labute approximate surface area is 207 Å². The standard InChI is InChI=1S/C29H37FN4O/c30-26-10-8-23(9-11-26)21-34-27(20-25-6-2-3-7-28(25)34)22-33-17-12-24(13-18-33)29(35)31-14-19-32-15-4-1-5-16-32/h2-3,6-11,20,24H,1,4-5,12-19,21-22H2,(H,31,35). The fourth-order valence-electron chi connectivity index (χ4n) is 5.60. The van der Waals surface area contributed by atoms with E-state index in [4.69, 9.17) is 0 Å². The van der Waals surface area contributed by atoms with Gasteiger partial charge in [-0.05, 0) is 87.1 Å². The first-order chi connectivity index (χ1) is 17.2. The maximum atomic E-state index is 13.4. The molecule has 0 radical (unpaired) electrons. The summed E-state index contributed by atoms with van der Waals surface area (Å²) in [6.45, 7) is 7.53. The predicted molar refractivity (Wildman–Crippen MR) is 139 cm³/mol. The van der Waals surface area contributed by atoms with Crippen LogP contribution in [0.2, 0.25) is 0 Å². The number of hydrogen-bond donors (Lipinski definition) is 1. The van der Waals surface area contributed by atoms with E-state index < -0.39 is 0 Å². The molecule has 2 aromatic carbocycles. The summed E-state index contributed by atoms with van der Waals surface area (Å²) < 4.78 is 15.8. The first kappa shape index (κ1) is 24.0. The van der Waals surface area contributed by atoms with Gasteiger partial charge < -0.3 is 14.8 Å². The maximum absolute atomic E-state index is 13.4. The molecule has 35 heavy (non-hydrogen) atoms. The van der Waals surface area contributed by atoms with Gasteiger partial charge >= 0.3 is 0 Å². The summed E-state index contributed by atoms with van der Waals surface area (Å²) in [6.07, 6.45) is 5.74. The molecule has 0 aliphatic carbocycles. The highest BCUT2D eigenvalue weighted by Gasteiger charge is 2.25. The van der Waals surface area contributed by atoms with Gasteiger partial charge in [0.1, 0.15) is 5.82 Å². The third kappa shape index (κ3) is 6.11. The van der Waals surface area contributed by atoms with Gasteiger partial charge in [0, 0.05) is 43.3 Å². The molecule has 2 fully saturated rings. The average Bonchev–Trinajstić information content (AvgIpc) is 3.23. The van der Waals surface area contributed by atoms with Crippen molar-refractivity contribution in [2.45, 2.75) is 45.2 Å². The number of benzene rings is 2. The number of aromatic nitrogens is 1. The Bertz CT molecular complexity index is 1110. The smallest absolute Gasteiger partial charge is 0.223 e. The molecule has 5 nitrogen and oxygen atoms in total. The quantitative estimate of drug-likeness (QED) is 0.515. The van der Waals surface area contributed by atoms with Gasteiger partial charge in [0.2, 0.25) is 5.91 Å². The number of nitrogens with zero attached hydrogens (tertiary/aromatic N) is 3. The van der Waals surface area contributed by atoms with Crippen LogP contribution < -0.4 is 5.32 Å². The Kier molecular flexibility index (Phi) is 7.79. The third-order valence-corrected chi connectivity index (χ3v) is 7.67. The second kappa shape index (κ2) is 11.4. The Morgan fingerprint density at radius 2 is 1.63 bits per heavy atom. The maximum Gasteiger partial charge on any atom is 0.223 e. The van der Waals surface area contributed by atoms with Crippen LogP contribution in [0.1, 0.15) is 43.4 Å². The van der Waals surface area contributed by atoms with Gasteiger partial charge in [-0.25, -0.2) is 4.39 Å². The van der Waals surface area contributed by atoms with Crippen molar-refractivity contribution in [2.24, 2.45) is 5.92 Å². The highest BCUT2D eigenvalue weighted by atomic mass is 19.1. The Balaban J connectivity index is 1.16. The highest BCUT2D eigenvalue weighted by Crippen LogP contribution is 2.25. The van der Waals surface area contributed by atoms with Gasteiger partial charge in [-0.2, -0.15) is 0 Å². The van der Waals surface area contributed by atoms with Gasteiger partial charge in [0.05, 0.1) is 0 Å². The summed E-state index contributed by atoms with van der Waals surface area (Å²) in [7, 11) is 0. The number of piperidine rings is 2. The van der Waals surface area contributed by atoms with Crippen LogP contribution >= 0.6 is 0 Å². The lowest BCUT2D eigenvalue weighted by atomic mass is 9.96. The van der Waals surface area contributed by atoms with E-state index in [1.807, 2.05) is 12.1 Å². The summed E-state index contributed by atoms with van der Waals surface area (Å²) >= 11 is 0. The minimum Gasteiger partial charge on any atom is -0.355 e. The third-order valence-electron chi connectivity index (χ3n) is 7.67. The van der Waals surface area contributed by atoms with Crippen molar-refractivity contribution in [3.8, 4) is 0 Å². The number of carbonyl (C=O) groups is 1. The Hall–Kier alpha value is -2.70. The molecule has 0 saturated carbocycles. The zero-order chi connectivity index (χ0) is 24.0. The van der Waals surface area contributed by atoms with Crippen molar-refractivity contribution in [1.29, 1.82) is 0 Å². The number of nitrogens with one attached hydrogen (secondary N) is 1. The van der Waals surface area contributed by atoms with Gasteiger partial charge in [-0.1, -0.05) is 36.8 Å². The molecule has 3 heterocycles. The van der Waals surface area contributed by atoms with Crippen LogP contribution in [0, 0.1) is 11.7 Å². The lowest BCUT2D eigenvalue weighted by Gasteiger charge is -2.32. The van der Waals surface area contributed by atoms with Gasteiger partial charge in [0.25, 0.3) is 0 Å². The van der Waals surface area contributed by atoms with Gasteiger partial charge in [-0.15, -0.1) is 0 Å². The molecule has 0 spiro atoms. The summed E-state index contributed by atoms with van der Waals surface area (Å²) in [6, 6.07) is 17.5. The molecule has 0 unspecified atom stereocenters. The Morgan fingerprint density at radius 3 is 2.40 bits per heavy atom. The van der Waals surface area contributed by atoms with E-state index in [0.29, 0.717) is 0 Å². The SMILES string of the molecule is O=C(NCCN1CCCCC1)C1CCN(Cc2cc3ccccc3n2Cc2ccc(F)cc2)CC1. The van der Waals surface area contributed by atoms with Crippen molar-refractivity contribution in [3.05, 3.63) is 71.7 Å². The van der Waals surface area contributed by atoms with E-state index >= 15 is 0 Å². The Morgan fingerprint density at radius 1 is 0.886 bits per heavy atom. The summed E-state index contributed by atoms with van der Waals surface area (Å²) in [4.78, 5) is 17.7. The molecule has 1 amide bonds. The van der Waals surface area contributed by atoms with Gasteiger partial charge in [-0.3, -0.25) is 9.69 Å². The number of rotatable bonds is 8. The second-order valence-electron chi connectivity index (χ2n) is 10.2. The number of halogens is 1. The van der Waals surface area contributed by atoms with E-state index in [9.17, 15) is 9.18 Å². The van der Waals surface area contributed by atoms with Crippen molar-refractivity contribution in [2.75, 3.05) is 39.3 Å². The topological polar surface area (TPSA) is 40.5 Å². The van der Waals surface area contributed by atoms with E-state index in [-0.39, 0.29) is 17.6 Å². The minimum absolute atomic E-state index is 0.123. The minimum atomic E-state index is -0.204. The molecule has 0 bridgehead atoms. The van der Waals surface area contributed by atoms with Crippen molar-refractivity contribution >= 4 is 16.8 Å². The van der Waals surface area contributed by atoms with Crippen molar-refractivity contribution < 1.29 is 9.18 Å². The number of carbonyl (C=O) groups excluding carboxylic acids is 1. The number of likely N-dealkylation sites (tertiary alicyclic amines) is 2. The van der Waals surface area contributed by atoms with Crippen molar-refractivity contribution in [3.63, 3.8) is 0 Å². The van der Waals surface area contributed by atoms with Crippen LogP contribution in [-0.2, 0) is 17.9 Å². The molecule has 2 aliphatic rings. The summed E-state index contributed by atoms with van der Waals surface area (Å²) in [5, 5.41) is 4.42. The first-order valence-electron chi connectivity index (χ1n) is 13.2. The van der Waals surface area contributed by atoms with Crippen LogP contribution in [-0.4, -0.2) is 59.5 Å². The molecule has 1 aromatic heterocycles. The fraction of sp³-hybridized carbons (Fsp3) is 0.483. The van der Waals surface area contributed by atoms with E-state index in [1.54, 1.807) is 0 Å². The van der Waals surface area contributed by atoms with Crippen molar-refractivity contribution in [1.82, 2.24) is 19.7 Å². The van der Waals surface area contributed by atoms with Crippen LogP contribution in [0.4, 0.5) is 4.39 Å². The normalized spacial score (nSPS) is 18.2. The lowest BCUT2D eigenvalue weighted by molar-refractivity contribution is -0.126. The number of para-hydroxylation sites is 1. The van der Waals surface area contributed by atoms with Crippen LogP contribution in [0.25, 0.3) is 10.9 Å². The van der Waals surface area contributed by atoms with E-state index in [0.717, 1.165) is 57.7 Å². The zero-order valence-electron chi connectivity index (χ0n) is 20.6. The molecule has 6 heteroatoms. The number of amides is 1. The van der Waals surface area contributed by atoms with E-state index in [2.05, 4.69) is 50.0 Å². The largest absolute Gasteiger partial charge is 0.355 e. The van der Waals surface area contributed by atoms with Crippen LogP contribution in [0.3, 0.4) is 0 Å². The molecule has 5 rings (SSSR count). The molecule has 1 N–H and O–H groups in total.